The van der Waals surface area contributed by atoms with E-state index < -0.39 is 0 Å². The predicted octanol–water partition coefficient (Wildman–Crippen LogP) is 12.8. The Bertz CT molecular complexity index is 722. The molecule has 218 valence electrons. The first-order valence-electron chi connectivity index (χ1n) is 15.7. The van der Waals surface area contributed by atoms with Crippen molar-refractivity contribution < 1.29 is 0 Å². The number of hydrogen-bond acceptors (Lipinski definition) is 0. The van der Waals surface area contributed by atoms with Crippen molar-refractivity contribution in [2.24, 2.45) is 28.1 Å². The molecule has 0 heteroatoms. The standard InChI is InChI=1S/C14H22.C12H24.C11H24/c1-13(2,3)11-8-7-9-12(10-11)14(4,5)6;1-6-12(5)8-10(2)7-11(3,4)9-12;1-6-8-10(3)9-11(4,5)7-2/h7-10H,1-6H3;10H,6-9H2,1-5H3;10H,6-9H2,1-5H3/t;10-,12?;/m.0./s1. The van der Waals surface area contributed by atoms with Gasteiger partial charge in [0.2, 0.25) is 0 Å². The van der Waals surface area contributed by atoms with Gasteiger partial charge in [0, 0.05) is 0 Å². The van der Waals surface area contributed by atoms with Gasteiger partial charge in [0.05, 0.1) is 0 Å². The molecule has 0 spiro atoms. The van der Waals surface area contributed by atoms with Gasteiger partial charge in [0.15, 0.2) is 0 Å². The summed E-state index contributed by atoms with van der Waals surface area (Å²) in [4.78, 5) is 0. The van der Waals surface area contributed by atoms with E-state index in [0.29, 0.717) is 16.2 Å². The van der Waals surface area contributed by atoms with Crippen LogP contribution in [0.25, 0.3) is 0 Å². The summed E-state index contributed by atoms with van der Waals surface area (Å²) in [5.41, 5.74) is 5.12. The highest BCUT2D eigenvalue weighted by atomic mass is 14.4. The van der Waals surface area contributed by atoms with Crippen LogP contribution in [0.15, 0.2) is 24.3 Å². The van der Waals surface area contributed by atoms with Gasteiger partial charge in [-0.15, -0.1) is 0 Å². The molecule has 1 aromatic carbocycles. The molecule has 0 aliphatic heterocycles. The van der Waals surface area contributed by atoms with Crippen LogP contribution >= 0.6 is 0 Å². The molecule has 1 saturated carbocycles. The van der Waals surface area contributed by atoms with Gasteiger partial charge in [0.25, 0.3) is 0 Å². The largest absolute Gasteiger partial charge is 0.0654 e. The third-order valence-electron chi connectivity index (χ3n) is 8.74. The van der Waals surface area contributed by atoms with E-state index in [9.17, 15) is 0 Å². The Morgan fingerprint density at radius 3 is 1.68 bits per heavy atom. The van der Waals surface area contributed by atoms with Crippen LogP contribution in [0.3, 0.4) is 0 Å². The minimum absolute atomic E-state index is 0.251. The monoisotopic (exact) mass is 515 g/mol. The summed E-state index contributed by atoms with van der Waals surface area (Å²) in [5, 5.41) is 0. The van der Waals surface area contributed by atoms with E-state index in [1.165, 1.54) is 62.5 Å². The maximum Gasteiger partial charge on any atom is -0.0132 e. The average molecular weight is 515 g/mol. The fourth-order valence-corrected chi connectivity index (χ4v) is 6.56. The second-order valence-corrected chi connectivity index (χ2v) is 16.7. The highest BCUT2D eigenvalue weighted by Gasteiger charge is 2.38. The molecule has 3 atom stereocenters. The molecular weight excluding hydrogens is 444 g/mol. The lowest BCUT2D eigenvalue weighted by atomic mass is 9.60. The number of hydrogen-bond donors (Lipinski definition) is 0. The fraction of sp³-hybridized carbons (Fsp3) is 0.838. The lowest BCUT2D eigenvalue weighted by Gasteiger charge is -2.45. The molecule has 1 aliphatic rings. The van der Waals surface area contributed by atoms with Crippen molar-refractivity contribution in [2.75, 3.05) is 0 Å². The van der Waals surface area contributed by atoms with Crippen molar-refractivity contribution >= 4 is 0 Å². The van der Waals surface area contributed by atoms with Crippen LogP contribution < -0.4 is 0 Å². The maximum absolute atomic E-state index is 2.46. The zero-order valence-corrected chi connectivity index (χ0v) is 28.6. The smallest absolute Gasteiger partial charge is 0.0132 e. The maximum atomic E-state index is 2.46. The van der Waals surface area contributed by atoms with Gasteiger partial charge in [-0.2, -0.15) is 0 Å². The quantitative estimate of drug-likeness (QED) is 0.354. The summed E-state index contributed by atoms with van der Waals surface area (Å²) in [6.45, 7) is 37.3. The molecular formula is C37H70. The average Bonchev–Trinajstić information content (AvgIpc) is 2.72. The van der Waals surface area contributed by atoms with Crippen molar-refractivity contribution in [1.82, 2.24) is 0 Å². The Morgan fingerprint density at radius 2 is 1.32 bits per heavy atom. The first-order valence-corrected chi connectivity index (χ1v) is 15.7. The Hall–Kier alpha value is -0.780. The van der Waals surface area contributed by atoms with E-state index in [4.69, 9.17) is 0 Å². The summed E-state index contributed by atoms with van der Waals surface area (Å²) in [5.74, 6) is 1.84. The number of rotatable bonds is 6. The van der Waals surface area contributed by atoms with Gasteiger partial charge in [0.1, 0.15) is 0 Å². The molecule has 1 fully saturated rings. The second-order valence-electron chi connectivity index (χ2n) is 16.7. The van der Waals surface area contributed by atoms with Crippen molar-refractivity contribution in [3.63, 3.8) is 0 Å². The van der Waals surface area contributed by atoms with Gasteiger partial charge < -0.3 is 0 Å². The molecule has 0 nitrogen and oxygen atoms in total. The van der Waals surface area contributed by atoms with Crippen molar-refractivity contribution in [3.05, 3.63) is 35.4 Å². The Labute approximate surface area is 236 Å². The highest BCUT2D eigenvalue weighted by Crippen LogP contribution is 2.49. The molecule has 2 rings (SSSR count). The summed E-state index contributed by atoms with van der Waals surface area (Å²) in [7, 11) is 0. The molecule has 2 unspecified atom stereocenters. The summed E-state index contributed by atoms with van der Waals surface area (Å²) in [6, 6.07) is 8.94. The first kappa shape index (κ1) is 36.2. The predicted molar refractivity (Wildman–Crippen MR) is 172 cm³/mol. The van der Waals surface area contributed by atoms with E-state index in [-0.39, 0.29) is 10.8 Å². The van der Waals surface area contributed by atoms with Crippen LogP contribution in [0, 0.1) is 28.1 Å². The van der Waals surface area contributed by atoms with Gasteiger partial charge in [-0.3, -0.25) is 0 Å². The van der Waals surface area contributed by atoms with Crippen molar-refractivity contribution in [2.45, 2.75) is 173 Å². The molecule has 0 radical (unpaired) electrons. The van der Waals surface area contributed by atoms with Gasteiger partial charge in [-0.05, 0) is 75.7 Å². The Morgan fingerprint density at radius 1 is 0.838 bits per heavy atom. The topological polar surface area (TPSA) is 0 Å². The third kappa shape index (κ3) is 14.8. The lowest BCUT2D eigenvalue weighted by Crippen LogP contribution is -2.34. The van der Waals surface area contributed by atoms with Crippen LogP contribution in [0.5, 0.6) is 0 Å². The summed E-state index contributed by atoms with van der Waals surface area (Å²) >= 11 is 0. The molecule has 0 amide bonds. The Kier molecular flexibility index (Phi) is 14.3. The molecule has 37 heavy (non-hydrogen) atoms. The van der Waals surface area contributed by atoms with E-state index in [0.717, 1.165) is 11.8 Å². The van der Waals surface area contributed by atoms with Crippen LogP contribution in [0.2, 0.25) is 0 Å². The zero-order valence-electron chi connectivity index (χ0n) is 28.6. The van der Waals surface area contributed by atoms with Crippen LogP contribution in [0.4, 0.5) is 0 Å². The fourth-order valence-electron chi connectivity index (χ4n) is 6.56. The SMILES string of the molecule is CC(C)(C)c1cccc(C(C)(C)C)c1.CCC1(C)C[C@@H](C)CC(C)(C)C1.CCCC(C)CC(C)(C)CC. The minimum Gasteiger partial charge on any atom is -0.0654 e. The molecule has 0 N–H and O–H groups in total. The molecule has 0 saturated heterocycles. The molecule has 1 aromatic rings. The minimum atomic E-state index is 0.251. The third-order valence-corrected chi connectivity index (χ3v) is 8.74. The number of benzene rings is 1. The first-order chi connectivity index (χ1) is 16.6. The van der Waals surface area contributed by atoms with Crippen LogP contribution in [0.1, 0.15) is 173 Å². The molecule has 0 heterocycles. The van der Waals surface area contributed by atoms with Crippen LogP contribution in [-0.4, -0.2) is 0 Å². The molecule has 1 aliphatic carbocycles. The highest BCUT2D eigenvalue weighted by molar-refractivity contribution is 5.32. The van der Waals surface area contributed by atoms with E-state index in [1.54, 1.807) is 0 Å². The zero-order chi connectivity index (χ0) is 29.3. The van der Waals surface area contributed by atoms with Crippen LogP contribution in [-0.2, 0) is 10.8 Å². The van der Waals surface area contributed by atoms with Crippen molar-refractivity contribution in [3.8, 4) is 0 Å². The Balaban J connectivity index is 0.000000530. The summed E-state index contributed by atoms with van der Waals surface area (Å²) < 4.78 is 0. The van der Waals surface area contributed by atoms with E-state index in [1.807, 2.05) is 0 Å². The van der Waals surface area contributed by atoms with E-state index >= 15 is 0 Å². The van der Waals surface area contributed by atoms with Gasteiger partial charge in [-0.1, -0.05) is 161 Å². The molecule has 0 bridgehead atoms. The lowest BCUT2D eigenvalue weighted by molar-refractivity contribution is 0.0582. The second kappa shape index (κ2) is 14.6. The molecule has 0 aromatic heterocycles. The van der Waals surface area contributed by atoms with Gasteiger partial charge >= 0.3 is 0 Å². The van der Waals surface area contributed by atoms with E-state index in [2.05, 4.69) is 135 Å². The van der Waals surface area contributed by atoms with Gasteiger partial charge in [-0.25, -0.2) is 0 Å². The normalized spacial score (nSPS) is 22.8. The summed E-state index contributed by atoms with van der Waals surface area (Å²) in [6.07, 6.45) is 11.0. The van der Waals surface area contributed by atoms with Crippen molar-refractivity contribution in [1.29, 1.82) is 0 Å².